The highest BCUT2D eigenvalue weighted by Gasteiger charge is 2.32. The molecule has 0 amide bonds. The average molecular weight is 445 g/mol. The van der Waals surface area contributed by atoms with Crippen LogP contribution < -0.4 is 5.32 Å². The van der Waals surface area contributed by atoms with E-state index in [-0.39, 0.29) is 17.9 Å². The molecule has 2 atom stereocenters. The van der Waals surface area contributed by atoms with Crippen LogP contribution in [0.4, 0.5) is 5.82 Å². The molecule has 1 unspecified atom stereocenters. The lowest BCUT2D eigenvalue weighted by atomic mass is 9.98. The third-order valence-corrected chi connectivity index (χ3v) is 6.70. The summed E-state index contributed by atoms with van der Waals surface area (Å²) in [5.41, 5.74) is 5.36. The maximum Gasteiger partial charge on any atom is 0.129 e. The maximum atomic E-state index is 9.78. The molecule has 0 fully saturated rings. The van der Waals surface area contributed by atoms with E-state index in [2.05, 4.69) is 51.4 Å². The molecule has 7 heteroatoms. The normalized spacial score (nSPS) is 19.3. The highest BCUT2D eigenvalue weighted by molar-refractivity contribution is 9.10. The quantitative estimate of drug-likeness (QED) is 0.634. The van der Waals surface area contributed by atoms with Gasteiger partial charge in [-0.3, -0.25) is 9.67 Å². The first-order chi connectivity index (χ1) is 13.1. The predicted octanol–water partition coefficient (Wildman–Crippen LogP) is 4.16. The van der Waals surface area contributed by atoms with Crippen molar-refractivity contribution in [3.8, 4) is 11.4 Å². The van der Waals surface area contributed by atoms with Gasteiger partial charge in [0.1, 0.15) is 11.5 Å². The van der Waals surface area contributed by atoms with Crippen molar-refractivity contribution in [2.45, 2.75) is 18.2 Å². The first-order valence-corrected chi connectivity index (χ1v) is 10.7. The molecule has 0 aliphatic carbocycles. The minimum absolute atomic E-state index is 0.0125. The smallest absolute Gasteiger partial charge is 0.129 e. The molecular formula is C20H21BrN4OS. The lowest BCUT2D eigenvalue weighted by Crippen LogP contribution is -2.26. The number of hydrogen-bond acceptors (Lipinski definition) is 5. The molecule has 0 spiro atoms. The van der Waals surface area contributed by atoms with Crippen molar-refractivity contribution in [3.05, 3.63) is 63.8 Å². The van der Waals surface area contributed by atoms with Gasteiger partial charge in [-0.1, -0.05) is 28.1 Å². The Bertz CT molecular complexity index is 960. The van der Waals surface area contributed by atoms with Crippen LogP contribution in [0.25, 0.3) is 11.4 Å². The molecule has 4 rings (SSSR count). The average Bonchev–Trinajstić information content (AvgIpc) is 2.86. The predicted molar refractivity (Wildman–Crippen MR) is 114 cm³/mol. The molecule has 1 aromatic carbocycles. The van der Waals surface area contributed by atoms with Gasteiger partial charge in [-0.15, -0.1) is 11.8 Å². The fourth-order valence-corrected chi connectivity index (χ4v) is 5.38. The van der Waals surface area contributed by atoms with Crippen molar-refractivity contribution in [3.63, 3.8) is 0 Å². The van der Waals surface area contributed by atoms with Crippen LogP contribution in [0.15, 0.2) is 47.1 Å². The zero-order chi connectivity index (χ0) is 19.0. The van der Waals surface area contributed by atoms with Gasteiger partial charge in [0.15, 0.2) is 0 Å². The number of aromatic nitrogens is 3. The van der Waals surface area contributed by atoms with E-state index in [9.17, 15) is 5.11 Å². The molecule has 2 N–H and O–H groups in total. The van der Waals surface area contributed by atoms with Gasteiger partial charge in [-0.05, 0) is 42.3 Å². The van der Waals surface area contributed by atoms with Crippen LogP contribution >= 0.6 is 27.7 Å². The second-order valence-electron chi connectivity index (χ2n) is 6.69. The Hall–Kier alpha value is -1.83. The Morgan fingerprint density at radius 3 is 2.89 bits per heavy atom. The summed E-state index contributed by atoms with van der Waals surface area (Å²) < 4.78 is 2.94. The minimum atomic E-state index is -0.0125. The number of rotatable bonds is 3. The minimum Gasteiger partial charge on any atom is -0.394 e. The van der Waals surface area contributed by atoms with Crippen molar-refractivity contribution in [2.24, 2.45) is 7.05 Å². The number of anilines is 1. The molecule has 27 heavy (non-hydrogen) atoms. The van der Waals surface area contributed by atoms with Crippen LogP contribution in [0.1, 0.15) is 21.9 Å². The van der Waals surface area contributed by atoms with Crippen LogP contribution in [-0.2, 0) is 7.05 Å². The summed E-state index contributed by atoms with van der Waals surface area (Å²) in [6.07, 6.45) is 1.80. The summed E-state index contributed by atoms with van der Waals surface area (Å²) in [6, 6.07) is 12.3. The molecule has 0 bridgehead atoms. The molecule has 2 aromatic heterocycles. The van der Waals surface area contributed by atoms with Crippen LogP contribution in [0.3, 0.4) is 0 Å². The number of benzene rings is 1. The van der Waals surface area contributed by atoms with E-state index in [4.69, 9.17) is 5.10 Å². The van der Waals surface area contributed by atoms with Gasteiger partial charge in [0.05, 0.1) is 23.6 Å². The lowest BCUT2D eigenvalue weighted by molar-refractivity contribution is 0.282. The molecule has 0 saturated carbocycles. The van der Waals surface area contributed by atoms with Crippen molar-refractivity contribution in [1.29, 1.82) is 0 Å². The monoisotopic (exact) mass is 444 g/mol. The van der Waals surface area contributed by atoms with Gasteiger partial charge >= 0.3 is 0 Å². The number of hydrogen-bond donors (Lipinski definition) is 2. The van der Waals surface area contributed by atoms with Crippen molar-refractivity contribution in [2.75, 3.05) is 17.7 Å². The van der Waals surface area contributed by atoms with Gasteiger partial charge < -0.3 is 10.4 Å². The standard InChI is InChI=1S/C20H21BrN4OS/c1-12-9-13(21)6-7-15(12)19-17-18(16-5-3-4-8-22-16)24-25(2)20(17)23-14(10-26)11-27-19/h3-9,14,19,23,26H,10-11H2,1-2H3/t14?,19-/m0/s1. The topological polar surface area (TPSA) is 63.0 Å². The molecule has 1 aliphatic heterocycles. The second-order valence-corrected chi connectivity index (χ2v) is 8.74. The number of nitrogens with zero attached hydrogens (tertiary/aromatic N) is 3. The van der Waals surface area contributed by atoms with E-state index in [1.807, 2.05) is 41.7 Å². The number of halogens is 1. The van der Waals surface area contributed by atoms with Crippen LogP contribution in [0, 0.1) is 6.92 Å². The molecular weight excluding hydrogens is 424 g/mol. The summed E-state index contributed by atoms with van der Waals surface area (Å²) in [6.45, 7) is 2.22. The second kappa shape index (κ2) is 7.66. The number of aryl methyl sites for hydroxylation is 2. The fourth-order valence-electron chi connectivity index (χ4n) is 3.46. The molecule has 0 radical (unpaired) electrons. The van der Waals surface area contributed by atoms with Gasteiger partial charge in [0, 0.05) is 29.0 Å². The van der Waals surface area contributed by atoms with E-state index in [0.29, 0.717) is 0 Å². The Morgan fingerprint density at radius 1 is 1.33 bits per heavy atom. The lowest BCUT2D eigenvalue weighted by Gasteiger charge is -2.19. The van der Waals surface area contributed by atoms with E-state index < -0.39 is 0 Å². The Labute approximate surface area is 171 Å². The Kier molecular flexibility index (Phi) is 5.25. The first-order valence-electron chi connectivity index (χ1n) is 8.82. The molecule has 1 aliphatic rings. The zero-order valence-electron chi connectivity index (χ0n) is 15.2. The van der Waals surface area contributed by atoms with Gasteiger partial charge in [-0.25, -0.2) is 0 Å². The van der Waals surface area contributed by atoms with E-state index in [1.54, 1.807) is 6.20 Å². The van der Waals surface area contributed by atoms with Crippen molar-refractivity contribution < 1.29 is 5.11 Å². The fraction of sp³-hybridized carbons (Fsp3) is 0.300. The van der Waals surface area contributed by atoms with Gasteiger partial charge in [0.25, 0.3) is 0 Å². The molecule has 3 aromatic rings. The molecule has 5 nitrogen and oxygen atoms in total. The highest BCUT2D eigenvalue weighted by Crippen LogP contribution is 2.47. The first kappa shape index (κ1) is 18.5. The summed E-state index contributed by atoms with van der Waals surface area (Å²) >= 11 is 5.40. The van der Waals surface area contributed by atoms with E-state index in [1.165, 1.54) is 11.1 Å². The SMILES string of the molecule is Cc1cc(Br)ccc1[C@@H]1SCC(CO)Nc2c1c(-c1ccccn1)nn2C. The number of pyridine rings is 1. The van der Waals surface area contributed by atoms with Gasteiger partial charge in [-0.2, -0.15) is 5.10 Å². The largest absolute Gasteiger partial charge is 0.394 e. The number of aliphatic hydroxyl groups excluding tert-OH is 1. The van der Waals surface area contributed by atoms with Crippen LogP contribution in [-0.4, -0.2) is 38.3 Å². The Balaban J connectivity index is 1.92. The van der Waals surface area contributed by atoms with E-state index >= 15 is 0 Å². The number of nitrogens with one attached hydrogen (secondary N) is 1. The van der Waals surface area contributed by atoms with Crippen molar-refractivity contribution in [1.82, 2.24) is 14.8 Å². The highest BCUT2D eigenvalue weighted by atomic mass is 79.9. The maximum absolute atomic E-state index is 9.78. The zero-order valence-corrected chi connectivity index (χ0v) is 17.6. The number of fused-ring (bicyclic) bond motifs is 1. The molecule has 140 valence electrons. The third kappa shape index (κ3) is 3.51. The summed E-state index contributed by atoms with van der Waals surface area (Å²) in [7, 11) is 1.94. The van der Waals surface area contributed by atoms with E-state index in [0.717, 1.165) is 33.0 Å². The summed E-state index contributed by atoms with van der Waals surface area (Å²) in [4.78, 5) is 4.54. The number of thioether (sulfide) groups is 1. The van der Waals surface area contributed by atoms with Crippen LogP contribution in [0.2, 0.25) is 0 Å². The number of aliphatic hydroxyl groups is 1. The van der Waals surface area contributed by atoms with Gasteiger partial charge in [0.2, 0.25) is 0 Å². The Morgan fingerprint density at radius 2 is 2.19 bits per heavy atom. The molecule has 0 saturated heterocycles. The summed E-state index contributed by atoms with van der Waals surface area (Å²) in [5.74, 6) is 1.76. The molecule has 3 heterocycles. The van der Waals surface area contributed by atoms with Crippen molar-refractivity contribution >= 4 is 33.5 Å². The summed E-state index contributed by atoms with van der Waals surface area (Å²) in [5, 5.41) is 18.2. The third-order valence-electron chi connectivity index (χ3n) is 4.79. The van der Waals surface area contributed by atoms with Crippen LogP contribution in [0.5, 0.6) is 0 Å².